The van der Waals surface area contributed by atoms with Crippen LogP contribution in [0.1, 0.15) is 6.42 Å². The third-order valence-corrected chi connectivity index (χ3v) is 3.41. The second-order valence-corrected chi connectivity index (χ2v) is 5.30. The van der Waals surface area contributed by atoms with E-state index in [2.05, 4.69) is 0 Å². The van der Waals surface area contributed by atoms with Crippen molar-refractivity contribution in [1.29, 1.82) is 0 Å². The number of carbonyl (C=O) groups excluding carboxylic acids is 2. The Hall–Kier alpha value is -0.400. The van der Waals surface area contributed by atoms with E-state index in [0.29, 0.717) is 12.2 Å². The van der Waals surface area contributed by atoms with Crippen LogP contribution in [0.4, 0.5) is 0 Å². The zero-order valence-corrected chi connectivity index (χ0v) is 8.23. The smallest absolute Gasteiger partial charge is 0.265 e. The Balaban J connectivity index is 2.70. The molecule has 0 amide bonds. The first kappa shape index (κ1) is 10.7. The maximum absolute atomic E-state index is 11.1. The third kappa shape index (κ3) is 3.09. The number of rotatable bonds is 2. The molecule has 0 aromatic carbocycles. The van der Waals surface area contributed by atoms with E-state index in [9.17, 15) is 18.0 Å². The van der Waals surface area contributed by atoms with Gasteiger partial charge in [0.25, 0.3) is 15.2 Å². The van der Waals surface area contributed by atoms with E-state index >= 15 is 0 Å². The van der Waals surface area contributed by atoms with Crippen LogP contribution in [-0.2, 0) is 19.7 Å². The molecular weight excluding hydrogens is 216 g/mol. The van der Waals surface area contributed by atoms with Crippen LogP contribution in [0, 0.1) is 5.92 Å². The zero-order chi connectivity index (χ0) is 10.1. The van der Waals surface area contributed by atoms with Gasteiger partial charge in [-0.2, -0.15) is 8.42 Å². The van der Waals surface area contributed by atoms with Crippen LogP contribution < -0.4 is 0 Å². The number of ketones is 1. The van der Waals surface area contributed by atoms with Gasteiger partial charge in [0.05, 0.1) is 5.75 Å². The Morgan fingerprint density at radius 1 is 1.46 bits per heavy atom. The van der Waals surface area contributed by atoms with Crippen molar-refractivity contribution < 1.29 is 22.6 Å². The molecular formula is C6H8O5S2. The maximum Gasteiger partial charge on any atom is 0.265 e. The first-order chi connectivity index (χ1) is 5.90. The van der Waals surface area contributed by atoms with Gasteiger partial charge in [-0.1, -0.05) is 11.8 Å². The van der Waals surface area contributed by atoms with Gasteiger partial charge in [-0.25, -0.2) is 0 Å². The van der Waals surface area contributed by atoms with Gasteiger partial charge in [-0.05, 0) is 6.42 Å². The monoisotopic (exact) mass is 224 g/mol. The first-order valence-corrected chi connectivity index (χ1v) is 6.16. The van der Waals surface area contributed by atoms with Crippen molar-refractivity contribution in [2.75, 3.05) is 11.5 Å². The highest BCUT2D eigenvalue weighted by Gasteiger charge is 2.32. The maximum atomic E-state index is 11.1. The zero-order valence-electron chi connectivity index (χ0n) is 6.60. The highest BCUT2D eigenvalue weighted by Crippen LogP contribution is 2.22. The van der Waals surface area contributed by atoms with Gasteiger partial charge in [0.15, 0.2) is 0 Å². The van der Waals surface area contributed by atoms with Gasteiger partial charge in [0.2, 0.25) is 5.78 Å². The van der Waals surface area contributed by atoms with Crippen LogP contribution >= 0.6 is 11.8 Å². The van der Waals surface area contributed by atoms with Crippen LogP contribution in [0.3, 0.4) is 0 Å². The Bertz CT molecular complexity index is 331. The lowest BCUT2D eigenvalue weighted by atomic mass is 10.0. The standard InChI is InChI=1S/C6H8O5S2/c7-5-4(3-13(9,10)11)1-2-12-6(5)8/h4H,1-3H2,(H,9,10,11). The molecule has 1 saturated heterocycles. The lowest BCUT2D eigenvalue weighted by Crippen LogP contribution is -2.32. The van der Waals surface area contributed by atoms with Crippen molar-refractivity contribution >= 4 is 32.8 Å². The van der Waals surface area contributed by atoms with Crippen molar-refractivity contribution in [2.45, 2.75) is 6.42 Å². The summed E-state index contributed by atoms with van der Waals surface area (Å²) in [7, 11) is -4.16. The minimum Gasteiger partial charge on any atom is -0.290 e. The summed E-state index contributed by atoms with van der Waals surface area (Å²) < 4.78 is 29.3. The molecule has 13 heavy (non-hydrogen) atoms. The van der Waals surface area contributed by atoms with Crippen molar-refractivity contribution in [2.24, 2.45) is 5.92 Å². The van der Waals surface area contributed by atoms with E-state index < -0.39 is 32.7 Å². The summed E-state index contributed by atoms with van der Waals surface area (Å²) in [6.45, 7) is 0. The van der Waals surface area contributed by atoms with E-state index in [1.54, 1.807) is 0 Å². The average molecular weight is 224 g/mol. The van der Waals surface area contributed by atoms with Crippen molar-refractivity contribution in [3.05, 3.63) is 0 Å². The van der Waals surface area contributed by atoms with E-state index in [1.165, 1.54) is 0 Å². The molecule has 0 spiro atoms. The fourth-order valence-corrected chi connectivity index (χ4v) is 2.80. The largest absolute Gasteiger partial charge is 0.290 e. The Morgan fingerprint density at radius 3 is 2.62 bits per heavy atom. The molecule has 0 bridgehead atoms. The molecule has 1 aliphatic heterocycles. The van der Waals surface area contributed by atoms with Crippen LogP contribution in [0.5, 0.6) is 0 Å². The van der Waals surface area contributed by atoms with Crippen LogP contribution in [-0.4, -0.2) is 35.4 Å². The molecule has 1 atom stereocenters. The number of thioether (sulfide) groups is 1. The lowest BCUT2D eigenvalue weighted by Gasteiger charge is -2.16. The third-order valence-electron chi connectivity index (χ3n) is 1.68. The summed E-state index contributed by atoms with van der Waals surface area (Å²) in [6.07, 6.45) is 0.328. The van der Waals surface area contributed by atoms with Crippen molar-refractivity contribution in [3.63, 3.8) is 0 Å². The van der Waals surface area contributed by atoms with E-state index in [1.807, 2.05) is 0 Å². The van der Waals surface area contributed by atoms with Gasteiger partial charge in [0, 0.05) is 11.7 Å². The second kappa shape index (κ2) is 3.77. The van der Waals surface area contributed by atoms with Gasteiger partial charge in [0.1, 0.15) is 0 Å². The molecule has 1 aliphatic rings. The lowest BCUT2D eigenvalue weighted by molar-refractivity contribution is -0.134. The molecule has 1 fully saturated rings. The van der Waals surface area contributed by atoms with Crippen LogP contribution in [0.15, 0.2) is 0 Å². The molecule has 5 nitrogen and oxygen atoms in total. The number of hydrogen-bond acceptors (Lipinski definition) is 5. The summed E-state index contributed by atoms with van der Waals surface area (Å²) in [5.74, 6) is -1.76. The highest BCUT2D eigenvalue weighted by molar-refractivity contribution is 8.15. The van der Waals surface area contributed by atoms with Crippen molar-refractivity contribution in [3.8, 4) is 0 Å². The van der Waals surface area contributed by atoms with E-state index in [0.717, 1.165) is 11.8 Å². The summed E-state index contributed by atoms with van der Waals surface area (Å²) in [5, 5.41) is -0.611. The highest BCUT2D eigenvalue weighted by atomic mass is 32.2. The quantitative estimate of drug-likeness (QED) is 0.512. The van der Waals surface area contributed by atoms with Crippen molar-refractivity contribution in [1.82, 2.24) is 0 Å². The molecule has 0 aromatic heterocycles. The SMILES string of the molecule is O=C1SCCC(CS(=O)(=O)O)C1=O. The minimum atomic E-state index is -4.16. The van der Waals surface area contributed by atoms with Gasteiger partial charge < -0.3 is 0 Å². The molecule has 0 saturated carbocycles. The van der Waals surface area contributed by atoms with E-state index in [-0.39, 0.29) is 0 Å². The predicted molar refractivity (Wildman–Crippen MR) is 47.0 cm³/mol. The predicted octanol–water partition coefficient (Wildman–Crippen LogP) is -0.277. The molecule has 1 N–H and O–H groups in total. The molecule has 7 heteroatoms. The van der Waals surface area contributed by atoms with E-state index in [4.69, 9.17) is 4.55 Å². The number of hydrogen-bond donors (Lipinski definition) is 1. The molecule has 0 aliphatic carbocycles. The summed E-state index contributed by atoms with van der Waals surface area (Å²) in [4.78, 5) is 21.9. The summed E-state index contributed by atoms with van der Waals surface area (Å²) in [6, 6.07) is 0. The number of Topliss-reactive ketones (excluding diaryl/α,β-unsaturated/α-hetero) is 1. The van der Waals surface area contributed by atoms with Gasteiger partial charge >= 0.3 is 0 Å². The molecule has 1 heterocycles. The Morgan fingerprint density at radius 2 is 2.08 bits per heavy atom. The summed E-state index contributed by atoms with van der Waals surface area (Å²) >= 11 is 0.891. The Kier molecular flexibility index (Phi) is 3.09. The Labute approximate surface area is 79.6 Å². The normalized spacial score (nSPS) is 24.8. The van der Waals surface area contributed by atoms with Crippen LogP contribution in [0.2, 0.25) is 0 Å². The van der Waals surface area contributed by atoms with Crippen LogP contribution in [0.25, 0.3) is 0 Å². The van der Waals surface area contributed by atoms with Gasteiger partial charge in [-0.15, -0.1) is 0 Å². The molecule has 1 rings (SSSR count). The topological polar surface area (TPSA) is 88.5 Å². The first-order valence-electron chi connectivity index (χ1n) is 3.56. The number of carbonyl (C=O) groups is 2. The van der Waals surface area contributed by atoms with Gasteiger partial charge in [-0.3, -0.25) is 14.1 Å². The minimum absolute atomic E-state index is 0.328. The average Bonchev–Trinajstić information content (AvgIpc) is 1.96. The molecule has 0 radical (unpaired) electrons. The molecule has 1 unspecified atom stereocenters. The fourth-order valence-electron chi connectivity index (χ4n) is 1.08. The molecule has 74 valence electrons. The molecule has 0 aromatic rings. The fraction of sp³-hybridized carbons (Fsp3) is 0.667. The summed E-state index contributed by atoms with van der Waals surface area (Å²) in [5.41, 5.74) is 0. The second-order valence-electron chi connectivity index (χ2n) is 2.73.